The number of aromatic nitrogens is 1. The fourth-order valence-electron chi connectivity index (χ4n) is 3.39. The van der Waals surface area contributed by atoms with Crippen LogP contribution in [0.4, 0.5) is 5.13 Å². The van der Waals surface area contributed by atoms with Gasteiger partial charge >= 0.3 is 0 Å². The van der Waals surface area contributed by atoms with E-state index < -0.39 is 0 Å². The lowest BCUT2D eigenvalue weighted by molar-refractivity contribution is 0.0947. The van der Waals surface area contributed by atoms with Gasteiger partial charge in [0, 0.05) is 42.8 Å². The molecule has 0 radical (unpaired) electrons. The van der Waals surface area contributed by atoms with Crippen molar-refractivity contribution < 1.29 is 9.53 Å². The maximum atomic E-state index is 12.3. The van der Waals surface area contributed by atoms with Gasteiger partial charge in [-0.1, -0.05) is 23.5 Å². The van der Waals surface area contributed by atoms with E-state index in [0.29, 0.717) is 6.54 Å². The molecule has 6 nitrogen and oxygen atoms in total. The third-order valence-electron chi connectivity index (χ3n) is 5.06. The van der Waals surface area contributed by atoms with Gasteiger partial charge in [-0.05, 0) is 52.9 Å². The van der Waals surface area contributed by atoms with Crippen LogP contribution in [0.1, 0.15) is 10.4 Å². The maximum absolute atomic E-state index is 12.3. The molecule has 1 amide bonds. The minimum atomic E-state index is -0.00135. The Morgan fingerprint density at radius 3 is 2.76 bits per heavy atom. The van der Waals surface area contributed by atoms with Gasteiger partial charge in [-0.15, -0.1) is 0 Å². The van der Waals surface area contributed by atoms with E-state index in [1.54, 1.807) is 18.4 Å². The average molecular weight is 522 g/mol. The summed E-state index contributed by atoms with van der Waals surface area (Å²) in [5.74, 6) is 0.864. The van der Waals surface area contributed by atoms with Gasteiger partial charge in [0.15, 0.2) is 5.13 Å². The van der Waals surface area contributed by atoms with Crippen LogP contribution in [0.3, 0.4) is 0 Å². The summed E-state index contributed by atoms with van der Waals surface area (Å²) < 4.78 is 7.44. The number of halogens is 1. The highest BCUT2D eigenvalue weighted by atomic mass is 127. The fraction of sp³-hybridized carbons (Fsp3) is 0.333. The molecule has 1 aromatic heterocycles. The number of methoxy groups -OCH3 is 1. The van der Waals surface area contributed by atoms with Crippen LogP contribution in [-0.2, 0) is 0 Å². The van der Waals surface area contributed by atoms with E-state index in [1.165, 1.54) is 0 Å². The summed E-state index contributed by atoms with van der Waals surface area (Å²) >= 11 is 3.91. The lowest BCUT2D eigenvalue weighted by Gasteiger charge is -2.34. The monoisotopic (exact) mass is 522 g/mol. The number of hydrogen-bond acceptors (Lipinski definition) is 6. The first-order valence-corrected chi connectivity index (χ1v) is 11.5. The third kappa shape index (κ3) is 4.81. The third-order valence-corrected chi connectivity index (χ3v) is 7.08. The first-order valence-electron chi connectivity index (χ1n) is 9.58. The van der Waals surface area contributed by atoms with Gasteiger partial charge in [0.05, 0.1) is 22.9 Å². The number of rotatable bonds is 6. The number of benzene rings is 2. The highest BCUT2D eigenvalue weighted by Gasteiger charge is 2.20. The van der Waals surface area contributed by atoms with Crippen LogP contribution in [-0.4, -0.2) is 62.2 Å². The summed E-state index contributed by atoms with van der Waals surface area (Å²) in [4.78, 5) is 21.8. The first-order chi connectivity index (χ1) is 14.1. The summed E-state index contributed by atoms with van der Waals surface area (Å²) in [6.07, 6.45) is 0. The number of carbonyl (C=O) groups is 1. The number of nitrogens with zero attached hydrogens (tertiary/aromatic N) is 3. The zero-order chi connectivity index (χ0) is 20.2. The number of hydrogen-bond donors (Lipinski definition) is 1. The second-order valence-electron chi connectivity index (χ2n) is 6.89. The van der Waals surface area contributed by atoms with Crippen LogP contribution in [0.2, 0.25) is 0 Å². The Morgan fingerprint density at radius 2 is 2.00 bits per heavy atom. The smallest absolute Gasteiger partial charge is 0.252 e. The molecular formula is C21H23IN4O2S. The van der Waals surface area contributed by atoms with Crippen molar-refractivity contribution in [1.29, 1.82) is 0 Å². The zero-order valence-electron chi connectivity index (χ0n) is 16.2. The lowest BCUT2D eigenvalue weighted by Crippen LogP contribution is -2.48. The Bertz CT molecular complexity index is 1000. The molecule has 1 saturated heterocycles. The van der Waals surface area contributed by atoms with Crippen LogP contribution < -0.4 is 15.0 Å². The Hall–Kier alpha value is -1.91. The molecule has 1 N–H and O–H groups in total. The standard InChI is InChI=1S/C21H23IN4O2S/c1-28-15-6-7-18-19(14-15)29-21(24-18)26-12-10-25(11-13-26)9-8-23-20(27)16-4-2-3-5-17(16)22/h2-7,14H,8-13H2,1H3,(H,23,27). The van der Waals surface area contributed by atoms with Crippen LogP contribution in [0.25, 0.3) is 10.2 Å². The Kier molecular flexibility index (Phi) is 6.51. The molecule has 2 aromatic carbocycles. The number of anilines is 1. The number of ether oxygens (including phenoxy) is 1. The molecule has 1 fully saturated rings. The molecule has 1 aliphatic rings. The second-order valence-corrected chi connectivity index (χ2v) is 9.07. The average Bonchev–Trinajstić information content (AvgIpc) is 3.17. The van der Waals surface area contributed by atoms with E-state index in [9.17, 15) is 4.79 Å². The molecule has 1 aliphatic heterocycles. The highest BCUT2D eigenvalue weighted by Crippen LogP contribution is 2.31. The van der Waals surface area contributed by atoms with Crippen molar-refractivity contribution >= 4 is 55.2 Å². The van der Waals surface area contributed by atoms with Crippen molar-refractivity contribution in [3.8, 4) is 5.75 Å². The Balaban J connectivity index is 1.26. The number of nitrogens with one attached hydrogen (secondary N) is 1. The van der Waals surface area contributed by atoms with Gasteiger partial charge < -0.3 is 15.0 Å². The molecular weight excluding hydrogens is 499 g/mol. The minimum absolute atomic E-state index is 0.00135. The molecule has 4 rings (SSSR count). The summed E-state index contributed by atoms with van der Waals surface area (Å²) in [6, 6.07) is 13.7. The molecule has 0 bridgehead atoms. The summed E-state index contributed by atoms with van der Waals surface area (Å²) in [6.45, 7) is 5.35. The predicted octanol–water partition coefficient (Wildman–Crippen LogP) is 3.46. The Labute approximate surface area is 188 Å². The molecule has 8 heteroatoms. The van der Waals surface area contributed by atoms with Crippen LogP contribution >= 0.6 is 33.9 Å². The van der Waals surface area contributed by atoms with Gasteiger partial charge in [-0.3, -0.25) is 9.69 Å². The van der Waals surface area contributed by atoms with E-state index in [0.717, 1.165) is 63.0 Å². The molecule has 2 heterocycles. The molecule has 0 aliphatic carbocycles. The molecule has 3 aromatic rings. The van der Waals surface area contributed by atoms with Gasteiger partial charge in [-0.2, -0.15) is 0 Å². The molecule has 0 spiro atoms. The van der Waals surface area contributed by atoms with E-state index in [1.807, 2.05) is 42.5 Å². The van der Waals surface area contributed by atoms with E-state index in [4.69, 9.17) is 9.72 Å². The van der Waals surface area contributed by atoms with Crippen molar-refractivity contribution in [3.63, 3.8) is 0 Å². The highest BCUT2D eigenvalue weighted by molar-refractivity contribution is 14.1. The summed E-state index contributed by atoms with van der Waals surface area (Å²) in [5, 5.41) is 4.11. The SMILES string of the molecule is COc1ccc2nc(N3CCN(CCNC(=O)c4ccccc4I)CC3)sc2c1. The quantitative estimate of drug-likeness (QED) is 0.503. The fourth-order valence-corrected chi connectivity index (χ4v) is 5.06. The molecule has 0 saturated carbocycles. The Morgan fingerprint density at radius 1 is 1.21 bits per heavy atom. The summed E-state index contributed by atoms with van der Waals surface area (Å²) in [7, 11) is 1.69. The number of thiazole rings is 1. The van der Waals surface area contributed by atoms with Crippen LogP contribution in [0.15, 0.2) is 42.5 Å². The lowest BCUT2D eigenvalue weighted by atomic mass is 10.2. The van der Waals surface area contributed by atoms with Gasteiger partial charge in [0.2, 0.25) is 0 Å². The van der Waals surface area contributed by atoms with Gasteiger partial charge in [0.1, 0.15) is 5.75 Å². The van der Waals surface area contributed by atoms with Crippen molar-refractivity contribution in [1.82, 2.24) is 15.2 Å². The second kappa shape index (κ2) is 9.27. The molecule has 29 heavy (non-hydrogen) atoms. The van der Waals surface area contributed by atoms with Crippen molar-refractivity contribution in [2.45, 2.75) is 0 Å². The molecule has 0 atom stereocenters. The predicted molar refractivity (Wildman–Crippen MR) is 126 cm³/mol. The topological polar surface area (TPSA) is 57.7 Å². The summed E-state index contributed by atoms with van der Waals surface area (Å²) in [5.41, 5.74) is 1.76. The largest absolute Gasteiger partial charge is 0.497 e. The normalized spacial score (nSPS) is 14.9. The first kappa shape index (κ1) is 20.4. The van der Waals surface area contributed by atoms with Crippen molar-refractivity contribution in [3.05, 3.63) is 51.6 Å². The number of piperazine rings is 1. The number of carbonyl (C=O) groups excluding carboxylic acids is 1. The number of amides is 1. The van der Waals surface area contributed by atoms with Crippen LogP contribution in [0.5, 0.6) is 5.75 Å². The molecule has 0 unspecified atom stereocenters. The van der Waals surface area contributed by atoms with Crippen molar-refractivity contribution in [2.75, 3.05) is 51.3 Å². The molecule has 152 valence electrons. The van der Waals surface area contributed by atoms with Gasteiger partial charge in [-0.25, -0.2) is 4.98 Å². The zero-order valence-corrected chi connectivity index (χ0v) is 19.2. The van der Waals surface area contributed by atoms with Crippen LogP contribution in [0, 0.1) is 3.57 Å². The van der Waals surface area contributed by atoms with E-state index >= 15 is 0 Å². The van der Waals surface area contributed by atoms with Crippen molar-refractivity contribution in [2.24, 2.45) is 0 Å². The number of fused-ring (bicyclic) bond motifs is 1. The maximum Gasteiger partial charge on any atom is 0.252 e. The van der Waals surface area contributed by atoms with E-state index in [2.05, 4.69) is 37.7 Å². The van der Waals surface area contributed by atoms with Gasteiger partial charge in [0.25, 0.3) is 5.91 Å². The van der Waals surface area contributed by atoms with E-state index in [-0.39, 0.29) is 5.91 Å². The minimum Gasteiger partial charge on any atom is -0.497 e.